The molecule has 3 rings (SSSR count). The Hall–Kier alpha value is -1.00. The summed E-state index contributed by atoms with van der Waals surface area (Å²) in [6.07, 6.45) is 10.2. The largest absolute Gasteiger partial charge is 0.308 e. The lowest BCUT2D eigenvalue weighted by Gasteiger charge is -2.52. The van der Waals surface area contributed by atoms with Gasteiger partial charge in [-0.15, -0.1) is 0 Å². The van der Waals surface area contributed by atoms with Crippen LogP contribution in [0.15, 0.2) is 18.5 Å². The van der Waals surface area contributed by atoms with Crippen LogP contribution in [0.25, 0.3) is 0 Å². The maximum absolute atomic E-state index is 4.43. The van der Waals surface area contributed by atoms with Crippen LogP contribution in [0.1, 0.15) is 51.8 Å². The summed E-state index contributed by atoms with van der Waals surface area (Å²) in [7, 11) is 0. The second kappa shape index (κ2) is 5.41. The van der Waals surface area contributed by atoms with E-state index in [4.69, 9.17) is 0 Å². The molecule has 20 heavy (non-hydrogen) atoms. The van der Waals surface area contributed by atoms with E-state index in [9.17, 15) is 0 Å². The molecular weight excluding hydrogens is 248 g/mol. The van der Waals surface area contributed by atoms with Crippen molar-refractivity contribution >= 4 is 0 Å². The van der Waals surface area contributed by atoms with Crippen LogP contribution in [0.3, 0.4) is 0 Å². The van der Waals surface area contributed by atoms with Gasteiger partial charge in [-0.05, 0) is 32.3 Å². The minimum absolute atomic E-state index is 0.225. The van der Waals surface area contributed by atoms with Crippen LogP contribution in [-0.2, 0) is 6.54 Å². The number of rotatable bonds is 3. The van der Waals surface area contributed by atoms with Crippen molar-refractivity contribution in [1.29, 1.82) is 0 Å². The standard InChI is InChI=1S/C16H26N4/c1-3-15(2)13-20(11-14-17-9-6-10-18-14)16(12-19-15)7-4-5-8-16/h6,9-10,19H,3-5,7-8,11-13H2,1-2H3. The number of nitrogens with zero attached hydrogens (tertiary/aromatic N) is 3. The minimum atomic E-state index is 0.225. The maximum Gasteiger partial charge on any atom is 0.142 e. The van der Waals surface area contributed by atoms with Gasteiger partial charge in [-0.3, -0.25) is 4.90 Å². The van der Waals surface area contributed by atoms with Crippen molar-refractivity contribution in [1.82, 2.24) is 20.2 Å². The Balaban J connectivity index is 1.81. The lowest BCUT2D eigenvalue weighted by atomic mass is 9.85. The number of hydrogen-bond acceptors (Lipinski definition) is 4. The highest BCUT2D eigenvalue weighted by atomic mass is 15.3. The van der Waals surface area contributed by atoms with Crippen molar-refractivity contribution in [3.63, 3.8) is 0 Å². The second-order valence-corrected chi connectivity index (χ2v) is 6.72. The summed E-state index contributed by atoms with van der Waals surface area (Å²) in [5.41, 5.74) is 0.566. The van der Waals surface area contributed by atoms with Crippen LogP contribution >= 0.6 is 0 Å². The lowest BCUT2D eigenvalue weighted by molar-refractivity contribution is 0.00350. The fourth-order valence-corrected chi connectivity index (χ4v) is 3.70. The topological polar surface area (TPSA) is 41.1 Å². The quantitative estimate of drug-likeness (QED) is 0.918. The summed E-state index contributed by atoms with van der Waals surface area (Å²) < 4.78 is 0. The summed E-state index contributed by atoms with van der Waals surface area (Å²) in [5, 5.41) is 3.81. The van der Waals surface area contributed by atoms with Crippen LogP contribution in [-0.4, -0.2) is 39.0 Å². The molecular formula is C16H26N4. The average Bonchev–Trinajstić information content (AvgIpc) is 2.95. The number of hydrogen-bond donors (Lipinski definition) is 1. The molecule has 1 atom stereocenters. The second-order valence-electron chi connectivity index (χ2n) is 6.72. The molecule has 4 nitrogen and oxygen atoms in total. The molecule has 1 unspecified atom stereocenters. The first-order valence-electron chi connectivity index (χ1n) is 7.92. The van der Waals surface area contributed by atoms with Crippen LogP contribution < -0.4 is 5.32 Å². The van der Waals surface area contributed by atoms with Crippen LogP contribution in [0.4, 0.5) is 0 Å². The maximum atomic E-state index is 4.43. The first kappa shape index (κ1) is 14.0. The van der Waals surface area contributed by atoms with Crippen LogP contribution in [0.2, 0.25) is 0 Å². The van der Waals surface area contributed by atoms with Gasteiger partial charge in [0, 0.05) is 36.6 Å². The van der Waals surface area contributed by atoms with Crippen molar-refractivity contribution < 1.29 is 0 Å². The van der Waals surface area contributed by atoms with Gasteiger partial charge < -0.3 is 5.32 Å². The van der Waals surface area contributed by atoms with Crippen LogP contribution in [0.5, 0.6) is 0 Å². The van der Waals surface area contributed by atoms with Crippen molar-refractivity contribution in [2.45, 2.75) is 63.6 Å². The first-order valence-corrected chi connectivity index (χ1v) is 7.92. The van der Waals surface area contributed by atoms with Crippen molar-refractivity contribution in [2.75, 3.05) is 13.1 Å². The Morgan fingerprint density at radius 1 is 1.25 bits per heavy atom. The molecule has 1 saturated heterocycles. The highest BCUT2D eigenvalue weighted by molar-refractivity contribution is 5.06. The fraction of sp³-hybridized carbons (Fsp3) is 0.750. The van der Waals surface area contributed by atoms with Gasteiger partial charge in [0.25, 0.3) is 0 Å². The van der Waals surface area contributed by atoms with E-state index < -0.39 is 0 Å². The lowest BCUT2D eigenvalue weighted by Crippen LogP contribution is -2.67. The predicted molar refractivity (Wildman–Crippen MR) is 80.3 cm³/mol. The molecule has 0 amide bonds. The summed E-state index contributed by atoms with van der Waals surface area (Å²) in [4.78, 5) is 11.5. The molecule has 1 aliphatic heterocycles. The van der Waals surface area contributed by atoms with Gasteiger partial charge in [0.1, 0.15) is 5.82 Å². The van der Waals surface area contributed by atoms with E-state index in [2.05, 4.69) is 34.0 Å². The van der Waals surface area contributed by atoms with E-state index in [-0.39, 0.29) is 5.54 Å². The van der Waals surface area contributed by atoms with Gasteiger partial charge in [-0.25, -0.2) is 9.97 Å². The zero-order chi connectivity index (χ0) is 14.1. The van der Waals surface area contributed by atoms with E-state index in [1.807, 2.05) is 18.5 Å². The number of piperazine rings is 1. The molecule has 0 aromatic carbocycles. The zero-order valence-corrected chi connectivity index (χ0v) is 12.7. The minimum Gasteiger partial charge on any atom is -0.308 e. The molecule has 110 valence electrons. The molecule has 2 heterocycles. The summed E-state index contributed by atoms with van der Waals surface area (Å²) in [6.45, 7) is 7.72. The molecule has 2 aliphatic rings. The Labute approximate surface area is 122 Å². The monoisotopic (exact) mass is 274 g/mol. The Bertz CT molecular complexity index is 441. The molecule has 1 aliphatic carbocycles. The zero-order valence-electron chi connectivity index (χ0n) is 12.7. The smallest absolute Gasteiger partial charge is 0.142 e. The molecule has 0 radical (unpaired) electrons. The molecule has 1 N–H and O–H groups in total. The van der Waals surface area contributed by atoms with Gasteiger partial charge in [0.15, 0.2) is 0 Å². The third kappa shape index (κ3) is 2.59. The normalized spacial score (nSPS) is 29.9. The molecule has 0 bridgehead atoms. The fourth-order valence-electron chi connectivity index (χ4n) is 3.70. The van der Waals surface area contributed by atoms with Gasteiger partial charge in [-0.1, -0.05) is 19.8 Å². The molecule has 2 fully saturated rings. The number of aromatic nitrogens is 2. The third-order valence-corrected chi connectivity index (χ3v) is 5.32. The summed E-state index contributed by atoms with van der Waals surface area (Å²) in [6, 6.07) is 1.89. The summed E-state index contributed by atoms with van der Waals surface area (Å²) >= 11 is 0. The Morgan fingerprint density at radius 3 is 2.60 bits per heavy atom. The Kier molecular flexibility index (Phi) is 3.78. The van der Waals surface area contributed by atoms with Crippen molar-refractivity contribution in [3.8, 4) is 0 Å². The Morgan fingerprint density at radius 2 is 1.95 bits per heavy atom. The first-order chi connectivity index (χ1) is 9.66. The van der Waals surface area contributed by atoms with E-state index in [0.717, 1.165) is 31.9 Å². The third-order valence-electron chi connectivity index (χ3n) is 5.32. The SMILES string of the molecule is CCC1(C)CN(Cc2ncccn2)C2(CCCC2)CN1. The van der Waals surface area contributed by atoms with Gasteiger partial charge in [0.2, 0.25) is 0 Å². The highest BCUT2D eigenvalue weighted by Crippen LogP contribution is 2.39. The van der Waals surface area contributed by atoms with Gasteiger partial charge >= 0.3 is 0 Å². The molecule has 1 aromatic rings. The molecule has 4 heteroatoms. The molecule has 1 aromatic heterocycles. The van der Waals surface area contributed by atoms with Crippen molar-refractivity contribution in [2.24, 2.45) is 0 Å². The van der Waals surface area contributed by atoms with Crippen molar-refractivity contribution in [3.05, 3.63) is 24.3 Å². The molecule has 1 saturated carbocycles. The molecule has 1 spiro atoms. The number of nitrogens with one attached hydrogen (secondary N) is 1. The predicted octanol–water partition coefficient (Wildman–Crippen LogP) is 2.36. The average molecular weight is 274 g/mol. The van der Waals surface area contributed by atoms with E-state index in [0.29, 0.717) is 5.54 Å². The highest BCUT2D eigenvalue weighted by Gasteiger charge is 2.46. The van der Waals surface area contributed by atoms with E-state index in [1.165, 1.54) is 25.7 Å². The van der Waals surface area contributed by atoms with Gasteiger partial charge in [0.05, 0.1) is 6.54 Å². The van der Waals surface area contributed by atoms with Gasteiger partial charge in [-0.2, -0.15) is 0 Å². The van der Waals surface area contributed by atoms with Crippen LogP contribution in [0, 0.1) is 0 Å². The summed E-state index contributed by atoms with van der Waals surface area (Å²) in [5.74, 6) is 0.958. The van der Waals surface area contributed by atoms with E-state index in [1.54, 1.807) is 0 Å². The van der Waals surface area contributed by atoms with E-state index >= 15 is 0 Å².